The first-order valence-corrected chi connectivity index (χ1v) is 17.4. The molecule has 52 heavy (non-hydrogen) atoms. The average Bonchev–Trinajstić information content (AvgIpc) is 3.90. The Morgan fingerprint density at radius 2 is 1.02 bits per heavy atom. The molecule has 0 saturated carbocycles. The van der Waals surface area contributed by atoms with E-state index in [1.165, 1.54) is 16.3 Å². The fourth-order valence-corrected chi connectivity index (χ4v) is 7.60. The van der Waals surface area contributed by atoms with Crippen LogP contribution in [0.5, 0.6) is 0 Å². The molecule has 3 heterocycles. The molecule has 0 saturated heterocycles. The number of benzene rings is 8. The van der Waals surface area contributed by atoms with E-state index in [9.17, 15) is 0 Å². The largest absolute Gasteiger partial charge is 0.456 e. The van der Waals surface area contributed by atoms with E-state index in [-0.39, 0.29) is 0 Å². The maximum Gasteiger partial charge on any atom is 0.227 e. The van der Waals surface area contributed by atoms with Gasteiger partial charge in [0.2, 0.25) is 5.89 Å². The molecule has 0 spiro atoms. The van der Waals surface area contributed by atoms with Gasteiger partial charge in [-0.25, -0.2) is 4.98 Å². The normalized spacial score (nSPS) is 11.8. The number of oxazole rings is 1. The third kappa shape index (κ3) is 4.53. The second-order valence-electron chi connectivity index (χ2n) is 13.2. The van der Waals surface area contributed by atoms with Crippen LogP contribution in [-0.4, -0.2) is 4.98 Å². The topological polar surface area (TPSA) is 55.6 Å². The quantitative estimate of drug-likeness (QED) is 0.183. The Bertz CT molecular complexity index is 3130. The van der Waals surface area contributed by atoms with Crippen molar-refractivity contribution in [2.75, 3.05) is 4.90 Å². The van der Waals surface area contributed by atoms with Gasteiger partial charge in [-0.1, -0.05) is 91.0 Å². The van der Waals surface area contributed by atoms with Crippen LogP contribution in [0.2, 0.25) is 0 Å². The minimum Gasteiger partial charge on any atom is -0.456 e. The van der Waals surface area contributed by atoms with Crippen molar-refractivity contribution in [3.63, 3.8) is 0 Å². The van der Waals surface area contributed by atoms with Gasteiger partial charge in [-0.05, 0) is 88.6 Å². The predicted octanol–water partition coefficient (Wildman–Crippen LogP) is 13.6. The van der Waals surface area contributed by atoms with Gasteiger partial charge >= 0.3 is 0 Å². The van der Waals surface area contributed by atoms with Gasteiger partial charge in [0.1, 0.15) is 27.8 Å². The Kier molecular flexibility index (Phi) is 6.18. The van der Waals surface area contributed by atoms with Crippen LogP contribution in [-0.2, 0) is 0 Å². The van der Waals surface area contributed by atoms with E-state index in [4.69, 9.17) is 18.2 Å². The minimum absolute atomic E-state index is 0.597. The lowest BCUT2D eigenvalue weighted by molar-refractivity contribution is 0.620. The fourth-order valence-electron chi connectivity index (χ4n) is 7.60. The summed E-state index contributed by atoms with van der Waals surface area (Å²) in [6.07, 6.45) is 0. The Balaban J connectivity index is 1.06. The molecule has 244 valence electrons. The van der Waals surface area contributed by atoms with Gasteiger partial charge in [-0.3, -0.25) is 0 Å². The number of hydrogen-bond acceptors (Lipinski definition) is 5. The smallest absolute Gasteiger partial charge is 0.227 e. The number of furan rings is 2. The third-order valence-corrected chi connectivity index (χ3v) is 10.1. The van der Waals surface area contributed by atoms with Gasteiger partial charge < -0.3 is 18.2 Å². The van der Waals surface area contributed by atoms with Gasteiger partial charge in [-0.2, -0.15) is 0 Å². The molecular weight excluding hydrogens is 641 g/mol. The summed E-state index contributed by atoms with van der Waals surface area (Å²) in [6.45, 7) is 0. The van der Waals surface area contributed by atoms with Crippen molar-refractivity contribution in [3.8, 4) is 22.6 Å². The number of anilines is 3. The van der Waals surface area contributed by atoms with Crippen molar-refractivity contribution in [1.82, 2.24) is 4.98 Å². The van der Waals surface area contributed by atoms with Gasteiger partial charge in [0.15, 0.2) is 5.58 Å². The number of fused-ring (bicyclic) bond motifs is 8. The Morgan fingerprint density at radius 3 is 1.92 bits per heavy atom. The minimum atomic E-state index is 0.597. The van der Waals surface area contributed by atoms with E-state index in [0.717, 1.165) is 83.2 Å². The van der Waals surface area contributed by atoms with E-state index in [2.05, 4.69) is 120 Å². The van der Waals surface area contributed by atoms with Crippen LogP contribution in [0.25, 0.3) is 88.3 Å². The molecule has 0 N–H and O–H groups in total. The summed E-state index contributed by atoms with van der Waals surface area (Å²) >= 11 is 0. The average molecular weight is 669 g/mol. The van der Waals surface area contributed by atoms with Crippen LogP contribution in [0.3, 0.4) is 0 Å². The second-order valence-corrected chi connectivity index (χ2v) is 13.2. The van der Waals surface area contributed by atoms with E-state index in [1.807, 2.05) is 54.6 Å². The molecule has 3 aromatic heterocycles. The lowest BCUT2D eigenvalue weighted by Crippen LogP contribution is -2.09. The van der Waals surface area contributed by atoms with Crippen LogP contribution in [0.15, 0.2) is 183 Å². The molecule has 0 unspecified atom stereocenters. The number of aromatic nitrogens is 1. The van der Waals surface area contributed by atoms with Gasteiger partial charge in [-0.15, -0.1) is 0 Å². The summed E-state index contributed by atoms with van der Waals surface area (Å²) in [6, 6.07) is 58.8. The van der Waals surface area contributed by atoms with Gasteiger partial charge in [0, 0.05) is 56.3 Å². The van der Waals surface area contributed by atoms with Crippen molar-refractivity contribution in [3.05, 3.63) is 170 Å². The Labute approximate surface area is 297 Å². The molecular formula is C47H28N2O3. The van der Waals surface area contributed by atoms with E-state index < -0.39 is 0 Å². The molecule has 0 aliphatic rings. The number of hydrogen-bond donors (Lipinski definition) is 0. The highest BCUT2D eigenvalue weighted by atomic mass is 16.4. The highest BCUT2D eigenvalue weighted by Crippen LogP contribution is 2.42. The first kappa shape index (κ1) is 28.7. The molecule has 0 amide bonds. The molecule has 0 atom stereocenters. The first-order valence-electron chi connectivity index (χ1n) is 17.4. The van der Waals surface area contributed by atoms with Crippen LogP contribution in [0.4, 0.5) is 17.1 Å². The van der Waals surface area contributed by atoms with E-state index in [1.54, 1.807) is 0 Å². The van der Waals surface area contributed by atoms with Crippen molar-refractivity contribution in [2.45, 2.75) is 0 Å². The molecule has 8 aromatic carbocycles. The maximum atomic E-state index is 6.55. The number of rotatable bonds is 5. The zero-order chi connectivity index (χ0) is 34.2. The number of para-hydroxylation sites is 1. The summed E-state index contributed by atoms with van der Waals surface area (Å²) < 4.78 is 19.0. The van der Waals surface area contributed by atoms with Crippen LogP contribution >= 0.6 is 0 Å². The molecule has 11 aromatic rings. The van der Waals surface area contributed by atoms with Gasteiger partial charge in [0.05, 0.1) is 0 Å². The summed E-state index contributed by atoms with van der Waals surface area (Å²) in [4.78, 5) is 7.05. The van der Waals surface area contributed by atoms with Crippen LogP contribution in [0.1, 0.15) is 0 Å². The summed E-state index contributed by atoms with van der Waals surface area (Å²) in [5, 5.41) is 6.63. The van der Waals surface area contributed by atoms with Crippen LogP contribution < -0.4 is 4.90 Å². The first-order chi connectivity index (χ1) is 25.7. The van der Waals surface area contributed by atoms with Crippen molar-refractivity contribution in [1.29, 1.82) is 0 Å². The lowest BCUT2D eigenvalue weighted by Gasteiger charge is -2.26. The molecule has 0 aliphatic heterocycles. The highest BCUT2D eigenvalue weighted by Gasteiger charge is 2.19. The standard InChI is InChI=1S/C47H28N2O3/c1-2-10-31(11-3-1)47-48-41-28-45-40(27-46(41)52-47)38-23-21-34(26-44(38)51-45)49(33-22-24-43-39(25-33)37-14-6-7-16-42(37)50-43)32-19-17-30(18-20-32)36-15-8-12-29-9-4-5-13-35(29)36/h1-28H. The zero-order valence-electron chi connectivity index (χ0n) is 27.8. The van der Waals surface area contributed by atoms with Crippen molar-refractivity contribution in [2.24, 2.45) is 0 Å². The number of nitrogens with zero attached hydrogens (tertiary/aromatic N) is 2. The van der Waals surface area contributed by atoms with Gasteiger partial charge in [0.25, 0.3) is 0 Å². The monoisotopic (exact) mass is 668 g/mol. The summed E-state index contributed by atoms with van der Waals surface area (Å²) in [7, 11) is 0. The molecule has 11 rings (SSSR count). The van der Waals surface area contributed by atoms with Crippen molar-refractivity contribution >= 4 is 82.8 Å². The molecule has 0 fully saturated rings. The molecule has 0 aliphatic carbocycles. The summed E-state index contributed by atoms with van der Waals surface area (Å²) in [5.74, 6) is 0.597. The lowest BCUT2D eigenvalue weighted by atomic mass is 9.98. The molecule has 5 nitrogen and oxygen atoms in total. The third-order valence-electron chi connectivity index (χ3n) is 10.1. The summed E-state index contributed by atoms with van der Waals surface area (Å²) in [5.41, 5.74) is 11.1. The van der Waals surface area contributed by atoms with Crippen LogP contribution in [0, 0.1) is 0 Å². The highest BCUT2D eigenvalue weighted by molar-refractivity contribution is 6.10. The zero-order valence-corrected chi connectivity index (χ0v) is 27.8. The molecule has 5 heteroatoms. The SMILES string of the molecule is c1ccc(-c2nc3cc4oc5cc(N(c6ccc(-c7cccc8ccccc78)cc6)c6ccc7oc8ccccc8c7c6)ccc5c4cc3o2)cc1. The van der Waals surface area contributed by atoms with E-state index >= 15 is 0 Å². The Hall–Kier alpha value is -7.11. The van der Waals surface area contributed by atoms with E-state index in [0.29, 0.717) is 5.89 Å². The molecule has 0 bridgehead atoms. The predicted molar refractivity (Wildman–Crippen MR) is 212 cm³/mol. The maximum absolute atomic E-state index is 6.55. The molecule has 0 radical (unpaired) electrons. The fraction of sp³-hybridized carbons (Fsp3) is 0. The Morgan fingerprint density at radius 1 is 0.365 bits per heavy atom. The van der Waals surface area contributed by atoms with Crippen molar-refractivity contribution < 1.29 is 13.3 Å². The second kappa shape index (κ2) is 11.2.